The summed E-state index contributed by atoms with van der Waals surface area (Å²) in [6.45, 7) is 3.19. The largest absolute Gasteiger partial charge is 0.338 e. The number of nitrogens with one attached hydrogen (secondary N) is 1. The first-order valence-corrected chi connectivity index (χ1v) is 7.57. The molecule has 0 fully saturated rings. The minimum Gasteiger partial charge on any atom is -0.338 e. The van der Waals surface area contributed by atoms with E-state index in [4.69, 9.17) is 0 Å². The van der Waals surface area contributed by atoms with Crippen LogP contribution in [0.25, 0.3) is 0 Å². The Morgan fingerprint density at radius 2 is 2.25 bits per heavy atom. The fourth-order valence-electron chi connectivity index (χ4n) is 3.42. The van der Waals surface area contributed by atoms with Crippen molar-refractivity contribution in [1.29, 1.82) is 0 Å². The fraction of sp³-hybridized carbons (Fsp3) is 0.471. The molecule has 3 nitrogen and oxygen atoms in total. The molecule has 2 unspecified atom stereocenters. The zero-order valence-electron chi connectivity index (χ0n) is 12.3. The smallest absolute Gasteiger partial charge is 0.109 e. The molecular weight excluding hydrogens is 246 g/mol. The quantitative estimate of drug-likeness (QED) is 0.904. The molecular formula is C17H23N3. The normalized spacial score (nSPS) is 19.0. The van der Waals surface area contributed by atoms with Gasteiger partial charge in [-0.3, -0.25) is 0 Å². The van der Waals surface area contributed by atoms with Crippen LogP contribution in [0.2, 0.25) is 0 Å². The number of nitrogens with zero attached hydrogens (tertiary/aromatic N) is 2. The van der Waals surface area contributed by atoms with Crippen LogP contribution in [0.15, 0.2) is 36.7 Å². The second-order valence-corrected chi connectivity index (χ2v) is 5.67. The first-order valence-electron chi connectivity index (χ1n) is 7.57. The highest BCUT2D eigenvalue weighted by Gasteiger charge is 2.29. The molecule has 20 heavy (non-hydrogen) atoms. The highest BCUT2D eigenvalue weighted by molar-refractivity contribution is 5.36. The molecule has 1 aliphatic carbocycles. The standard InChI is InChI=1S/C17H23N3/c1-3-18-16(12-17-19-10-11-20(17)2)15-9-8-13-6-4-5-7-14(13)15/h4-7,10-11,15-16,18H,3,8-9,12H2,1-2H3. The van der Waals surface area contributed by atoms with Gasteiger partial charge in [0.2, 0.25) is 0 Å². The molecule has 0 aliphatic heterocycles. The number of benzene rings is 1. The lowest BCUT2D eigenvalue weighted by molar-refractivity contribution is 0.424. The van der Waals surface area contributed by atoms with Crippen LogP contribution in [-0.2, 0) is 19.9 Å². The second-order valence-electron chi connectivity index (χ2n) is 5.67. The first kappa shape index (κ1) is 13.4. The Bertz CT molecular complexity index is 573. The third kappa shape index (κ3) is 2.50. The van der Waals surface area contributed by atoms with Gasteiger partial charge in [-0.05, 0) is 30.5 Å². The molecule has 1 N–H and O–H groups in total. The maximum absolute atomic E-state index is 4.49. The number of aromatic nitrogens is 2. The topological polar surface area (TPSA) is 29.9 Å². The van der Waals surface area contributed by atoms with Crippen molar-refractivity contribution in [3.05, 3.63) is 53.6 Å². The second kappa shape index (κ2) is 5.80. The summed E-state index contributed by atoms with van der Waals surface area (Å²) >= 11 is 0. The van der Waals surface area contributed by atoms with Gasteiger partial charge in [0.25, 0.3) is 0 Å². The molecule has 3 heteroatoms. The third-order valence-electron chi connectivity index (χ3n) is 4.45. The monoisotopic (exact) mass is 269 g/mol. The van der Waals surface area contributed by atoms with Crippen LogP contribution in [0.4, 0.5) is 0 Å². The molecule has 0 saturated carbocycles. The van der Waals surface area contributed by atoms with Crippen LogP contribution in [-0.4, -0.2) is 22.1 Å². The molecule has 2 atom stereocenters. The Balaban J connectivity index is 1.83. The zero-order valence-corrected chi connectivity index (χ0v) is 12.3. The summed E-state index contributed by atoms with van der Waals surface area (Å²) in [4.78, 5) is 4.49. The average molecular weight is 269 g/mol. The number of likely N-dealkylation sites (N-methyl/N-ethyl adjacent to an activating group) is 1. The Morgan fingerprint density at radius 3 is 3.00 bits per heavy atom. The minimum atomic E-state index is 0.477. The molecule has 0 amide bonds. The van der Waals surface area contributed by atoms with E-state index in [1.807, 2.05) is 12.4 Å². The molecule has 106 valence electrons. The van der Waals surface area contributed by atoms with Crippen LogP contribution < -0.4 is 5.32 Å². The molecule has 1 aliphatic rings. The van der Waals surface area contributed by atoms with Crippen molar-refractivity contribution in [1.82, 2.24) is 14.9 Å². The van der Waals surface area contributed by atoms with Gasteiger partial charge in [-0.2, -0.15) is 0 Å². The van der Waals surface area contributed by atoms with E-state index in [1.54, 1.807) is 0 Å². The summed E-state index contributed by atoms with van der Waals surface area (Å²) in [5, 5.41) is 3.68. The van der Waals surface area contributed by atoms with Crippen molar-refractivity contribution in [2.45, 2.75) is 38.1 Å². The van der Waals surface area contributed by atoms with Gasteiger partial charge in [0.1, 0.15) is 5.82 Å². The Hall–Kier alpha value is -1.61. The van der Waals surface area contributed by atoms with Crippen LogP contribution >= 0.6 is 0 Å². The Kier molecular flexibility index (Phi) is 3.88. The van der Waals surface area contributed by atoms with Gasteiger partial charge >= 0.3 is 0 Å². The molecule has 0 spiro atoms. The lowest BCUT2D eigenvalue weighted by atomic mass is 9.90. The summed E-state index contributed by atoms with van der Waals surface area (Å²) in [6.07, 6.45) is 7.38. The van der Waals surface area contributed by atoms with Gasteiger partial charge in [0, 0.05) is 37.8 Å². The molecule has 0 radical (unpaired) electrons. The van der Waals surface area contributed by atoms with Gasteiger partial charge in [-0.1, -0.05) is 31.2 Å². The molecule has 1 heterocycles. The predicted octanol–water partition coefficient (Wildman–Crippen LogP) is 2.67. The van der Waals surface area contributed by atoms with Gasteiger partial charge in [0.15, 0.2) is 0 Å². The minimum absolute atomic E-state index is 0.477. The highest BCUT2D eigenvalue weighted by Crippen LogP contribution is 2.36. The number of hydrogen-bond acceptors (Lipinski definition) is 2. The van der Waals surface area contributed by atoms with Crippen LogP contribution in [0.3, 0.4) is 0 Å². The van der Waals surface area contributed by atoms with Gasteiger partial charge in [-0.25, -0.2) is 4.98 Å². The third-order valence-corrected chi connectivity index (χ3v) is 4.45. The van der Waals surface area contributed by atoms with E-state index in [2.05, 4.69) is 53.1 Å². The van der Waals surface area contributed by atoms with E-state index in [1.165, 1.54) is 29.8 Å². The van der Waals surface area contributed by atoms with Crippen LogP contribution in [0, 0.1) is 0 Å². The van der Waals surface area contributed by atoms with E-state index >= 15 is 0 Å². The summed E-state index contributed by atoms with van der Waals surface area (Å²) < 4.78 is 2.13. The Labute approximate surface area is 121 Å². The Morgan fingerprint density at radius 1 is 1.40 bits per heavy atom. The van der Waals surface area contributed by atoms with Crippen molar-refractivity contribution in [2.24, 2.45) is 7.05 Å². The summed E-state index contributed by atoms with van der Waals surface area (Å²) in [6, 6.07) is 9.38. The van der Waals surface area contributed by atoms with Crippen molar-refractivity contribution in [2.75, 3.05) is 6.54 Å². The number of rotatable bonds is 5. The van der Waals surface area contributed by atoms with Gasteiger partial charge in [0.05, 0.1) is 0 Å². The van der Waals surface area contributed by atoms with Crippen molar-refractivity contribution in [3.63, 3.8) is 0 Å². The van der Waals surface area contributed by atoms with E-state index in [-0.39, 0.29) is 0 Å². The molecule has 1 aromatic carbocycles. The van der Waals surface area contributed by atoms with E-state index in [0.29, 0.717) is 12.0 Å². The van der Waals surface area contributed by atoms with Crippen molar-refractivity contribution < 1.29 is 0 Å². The maximum Gasteiger partial charge on any atom is 0.109 e. The number of imidazole rings is 1. The van der Waals surface area contributed by atoms with Crippen molar-refractivity contribution >= 4 is 0 Å². The summed E-state index contributed by atoms with van der Waals surface area (Å²) in [5.74, 6) is 1.78. The lowest BCUT2D eigenvalue weighted by Crippen LogP contribution is -2.36. The fourth-order valence-corrected chi connectivity index (χ4v) is 3.42. The summed E-state index contributed by atoms with van der Waals surface area (Å²) in [5.41, 5.74) is 3.06. The number of aryl methyl sites for hydroxylation is 2. The molecule has 2 aromatic rings. The number of hydrogen-bond donors (Lipinski definition) is 1. The van der Waals surface area contributed by atoms with Gasteiger partial charge in [-0.15, -0.1) is 0 Å². The van der Waals surface area contributed by atoms with E-state index < -0.39 is 0 Å². The van der Waals surface area contributed by atoms with Gasteiger partial charge < -0.3 is 9.88 Å². The molecule has 3 rings (SSSR count). The zero-order chi connectivity index (χ0) is 13.9. The van der Waals surface area contributed by atoms with E-state index in [0.717, 1.165) is 13.0 Å². The number of fused-ring (bicyclic) bond motifs is 1. The predicted molar refractivity (Wildman–Crippen MR) is 81.9 cm³/mol. The van der Waals surface area contributed by atoms with E-state index in [9.17, 15) is 0 Å². The lowest BCUT2D eigenvalue weighted by Gasteiger charge is -2.25. The average Bonchev–Trinajstić information content (AvgIpc) is 3.05. The highest BCUT2D eigenvalue weighted by atomic mass is 15.0. The maximum atomic E-state index is 4.49. The first-order chi connectivity index (χ1) is 9.79. The SMILES string of the molecule is CCNC(Cc1nccn1C)C1CCc2ccccc21. The molecule has 0 bridgehead atoms. The van der Waals surface area contributed by atoms with Crippen LogP contribution in [0.1, 0.15) is 36.2 Å². The van der Waals surface area contributed by atoms with Crippen molar-refractivity contribution in [3.8, 4) is 0 Å². The summed E-state index contributed by atoms with van der Waals surface area (Å²) in [7, 11) is 2.08. The molecule has 0 saturated heterocycles. The van der Waals surface area contributed by atoms with Crippen LogP contribution in [0.5, 0.6) is 0 Å². The molecule has 1 aromatic heterocycles.